The van der Waals surface area contributed by atoms with E-state index in [4.69, 9.17) is 5.26 Å². The molecule has 21 heavy (non-hydrogen) atoms. The van der Waals surface area contributed by atoms with E-state index in [1.54, 1.807) is 12.1 Å². The highest BCUT2D eigenvalue weighted by Crippen LogP contribution is 2.47. The zero-order valence-electron chi connectivity index (χ0n) is 12.1. The standard InChI is InChI=1S/C19H18FN/c1-2-14-11-13(12-21)3-10-18(14)19(15-4-5-15)16-6-8-17(20)9-7-16/h3,6-11,15,19H,2,4-5H2,1H3. The van der Waals surface area contributed by atoms with E-state index in [0.717, 1.165) is 6.42 Å². The number of nitriles is 1. The summed E-state index contributed by atoms with van der Waals surface area (Å²) in [5, 5.41) is 9.06. The van der Waals surface area contributed by atoms with E-state index in [9.17, 15) is 4.39 Å². The molecule has 1 aliphatic carbocycles. The van der Waals surface area contributed by atoms with Crippen LogP contribution in [0.15, 0.2) is 42.5 Å². The number of nitrogens with zero attached hydrogens (tertiary/aromatic N) is 1. The van der Waals surface area contributed by atoms with Crippen molar-refractivity contribution in [1.29, 1.82) is 5.26 Å². The molecule has 1 saturated carbocycles. The Morgan fingerprint density at radius 1 is 1.19 bits per heavy atom. The number of benzene rings is 2. The minimum absolute atomic E-state index is 0.191. The molecule has 2 aromatic rings. The van der Waals surface area contributed by atoms with E-state index >= 15 is 0 Å². The van der Waals surface area contributed by atoms with Crippen molar-refractivity contribution in [2.45, 2.75) is 32.1 Å². The van der Waals surface area contributed by atoms with Crippen LogP contribution in [0.4, 0.5) is 4.39 Å². The Labute approximate surface area is 125 Å². The number of halogens is 1. The fourth-order valence-corrected chi connectivity index (χ4v) is 3.09. The molecule has 3 rings (SSSR count). The summed E-state index contributed by atoms with van der Waals surface area (Å²) in [6.45, 7) is 2.12. The van der Waals surface area contributed by atoms with Crippen LogP contribution >= 0.6 is 0 Å². The van der Waals surface area contributed by atoms with Gasteiger partial charge in [-0.1, -0.05) is 25.1 Å². The minimum atomic E-state index is -0.191. The molecule has 0 amide bonds. The second-order valence-corrected chi connectivity index (χ2v) is 5.75. The summed E-state index contributed by atoms with van der Waals surface area (Å²) in [5.74, 6) is 0.783. The summed E-state index contributed by atoms with van der Waals surface area (Å²) < 4.78 is 13.2. The molecule has 1 nitrogen and oxygen atoms in total. The van der Waals surface area contributed by atoms with Gasteiger partial charge < -0.3 is 0 Å². The molecule has 0 N–H and O–H groups in total. The zero-order valence-corrected chi connectivity index (χ0v) is 12.1. The van der Waals surface area contributed by atoms with E-state index in [1.807, 2.05) is 24.3 Å². The smallest absolute Gasteiger partial charge is 0.123 e. The van der Waals surface area contributed by atoms with Crippen molar-refractivity contribution < 1.29 is 4.39 Å². The van der Waals surface area contributed by atoms with Crippen LogP contribution in [-0.4, -0.2) is 0 Å². The van der Waals surface area contributed by atoms with Crippen molar-refractivity contribution in [3.05, 3.63) is 70.5 Å². The first kappa shape index (κ1) is 13.8. The molecule has 1 fully saturated rings. The van der Waals surface area contributed by atoms with Gasteiger partial charge in [-0.25, -0.2) is 4.39 Å². The molecule has 106 valence electrons. The molecule has 1 unspecified atom stereocenters. The van der Waals surface area contributed by atoms with Gasteiger partial charge >= 0.3 is 0 Å². The van der Waals surface area contributed by atoms with Crippen molar-refractivity contribution in [2.24, 2.45) is 5.92 Å². The Bertz CT molecular complexity index is 678. The second kappa shape index (κ2) is 5.69. The third-order valence-electron chi connectivity index (χ3n) is 4.31. The number of hydrogen-bond acceptors (Lipinski definition) is 1. The molecular formula is C19H18FN. The maximum absolute atomic E-state index is 13.2. The highest BCUT2D eigenvalue weighted by Gasteiger charge is 2.34. The number of rotatable bonds is 4. The summed E-state index contributed by atoms with van der Waals surface area (Å²) in [6, 6.07) is 15.1. The van der Waals surface area contributed by atoms with Crippen LogP contribution in [0.1, 0.15) is 47.9 Å². The predicted molar refractivity (Wildman–Crippen MR) is 81.5 cm³/mol. The lowest BCUT2D eigenvalue weighted by molar-refractivity contribution is 0.623. The minimum Gasteiger partial charge on any atom is -0.207 e. The van der Waals surface area contributed by atoms with Crippen LogP contribution in [0.3, 0.4) is 0 Å². The zero-order chi connectivity index (χ0) is 14.8. The molecule has 1 atom stereocenters. The first-order valence-corrected chi connectivity index (χ1v) is 7.51. The van der Waals surface area contributed by atoms with Crippen LogP contribution in [-0.2, 0) is 6.42 Å². The van der Waals surface area contributed by atoms with E-state index in [2.05, 4.69) is 19.1 Å². The highest BCUT2D eigenvalue weighted by molar-refractivity contribution is 5.44. The van der Waals surface area contributed by atoms with Gasteiger partial charge in [-0.2, -0.15) is 5.26 Å². The normalized spacial score (nSPS) is 15.5. The quantitative estimate of drug-likeness (QED) is 0.788. The summed E-state index contributed by atoms with van der Waals surface area (Å²) in [6.07, 6.45) is 3.37. The number of aryl methyl sites for hydroxylation is 1. The summed E-state index contributed by atoms with van der Waals surface area (Å²) in [7, 11) is 0. The van der Waals surface area contributed by atoms with Gasteiger partial charge in [0.1, 0.15) is 5.82 Å². The largest absolute Gasteiger partial charge is 0.207 e. The maximum Gasteiger partial charge on any atom is 0.123 e. The maximum atomic E-state index is 13.2. The Balaban J connectivity index is 2.06. The fraction of sp³-hybridized carbons (Fsp3) is 0.316. The molecule has 0 heterocycles. The van der Waals surface area contributed by atoms with Gasteiger partial charge in [0.25, 0.3) is 0 Å². The Kier molecular flexibility index (Phi) is 3.75. The molecule has 0 aliphatic heterocycles. The predicted octanol–water partition coefficient (Wildman–Crippen LogP) is 4.80. The van der Waals surface area contributed by atoms with Crippen LogP contribution in [0.25, 0.3) is 0 Å². The van der Waals surface area contributed by atoms with Crippen LogP contribution in [0.5, 0.6) is 0 Å². The molecule has 0 bridgehead atoms. The first-order valence-electron chi connectivity index (χ1n) is 7.51. The van der Waals surface area contributed by atoms with Crippen LogP contribution in [0, 0.1) is 23.1 Å². The monoisotopic (exact) mass is 279 g/mol. The Morgan fingerprint density at radius 2 is 1.90 bits per heavy atom. The van der Waals surface area contributed by atoms with E-state index in [0.29, 0.717) is 17.4 Å². The van der Waals surface area contributed by atoms with Crippen molar-refractivity contribution >= 4 is 0 Å². The van der Waals surface area contributed by atoms with Crippen LogP contribution in [0.2, 0.25) is 0 Å². The lowest BCUT2D eigenvalue weighted by Gasteiger charge is -2.21. The molecule has 2 aromatic carbocycles. The van der Waals surface area contributed by atoms with E-state index in [1.165, 1.54) is 29.5 Å². The van der Waals surface area contributed by atoms with Crippen molar-refractivity contribution in [1.82, 2.24) is 0 Å². The third kappa shape index (κ3) is 2.83. The molecular weight excluding hydrogens is 261 g/mol. The van der Waals surface area contributed by atoms with Gasteiger partial charge in [-0.15, -0.1) is 0 Å². The van der Waals surface area contributed by atoms with Gasteiger partial charge in [-0.3, -0.25) is 0 Å². The molecule has 1 aliphatic rings. The van der Waals surface area contributed by atoms with Crippen molar-refractivity contribution in [3.63, 3.8) is 0 Å². The lowest BCUT2D eigenvalue weighted by Crippen LogP contribution is -2.07. The topological polar surface area (TPSA) is 23.8 Å². The highest BCUT2D eigenvalue weighted by atomic mass is 19.1. The third-order valence-corrected chi connectivity index (χ3v) is 4.31. The molecule has 0 aromatic heterocycles. The van der Waals surface area contributed by atoms with Gasteiger partial charge in [0.2, 0.25) is 0 Å². The summed E-state index contributed by atoms with van der Waals surface area (Å²) >= 11 is 0. The average Bonchev–Trinajstić information content (AvgIpc) is 3.34. The molecule has 0 spiro atoms. The van der Waals surface area contributed by atoms with Crippen LogP contribution < -0.4 is 0 Å². The van der Waals surface area contributed by atoms with Crippen molar-refractivity contribution in [3.8, 4) is 6.07 Å². The fourth-order valence-electron chi connectivity index (χ4n) is 3.09. The first-order chi connectivity index (χ1) is 10.2. The van der Waals surface area contributed by atoms with Gasteiger partial charge in [0, 0.05) is 5.92 Å². The van der Waals surface area contributed by atoms with Gasteiger partial charge in [-0.05, 0) is 66.1 Å². The van der Waals surface area contributed by atoms with E-state index < -0.39 is 0 Å². The summed E-state index contributed by atoms with van der Waals surface area (Å²) in [4.78, 5) is 0. The average molecular weight is 279 g/mol. The molecule has 0 saturated heterocycles. The SMILES string of the molecule is CCc1cc(C#N)ccc1C(c1ccc(F)cc1)C1CC1. The van der Waals surface area contributed by atoms with Crippen molar-refractivity contribution in [2.75, 3.05) is 0 Å². The van der Waals surface area contributed by atoms with Gasteiger partial charge in [0.05, 0.1) is 11.6 Å². The molecule has 0 radical (unpaired) electrons. The van der Waals surface area contributed by atoms with Gasteiger partial charge in [0.15, 0.2) is 0 Å². The molecule has 2 heteroatoms. The lowest BCUT2D eigenvalue weighted by atomic mass is 9.83. The second-order valence-electron chi connectivity index (χ2n) is 5.75. The van der Waals surface area contributed by atoms with E-state index in [-0.39, 0.29) is 5.82 Å². The Morgan fingerprint density at radius 3 is 2.48 bits per heavy atom. The summed E-state index contributed by atoms with van der Waals surface area (Å²) in [5.41, 5.74) is 4.42. The number of hydrogen-bond donors (Lipinski definition) is 0. The Hall–Kier alpha value is -2.14.